The van der Waals surface area contributed by atoms with E-state index in [2.05, 4.69) is 12.1 Å². The number of carbonyl (C=O) groups is 2. The van der Waals surface area contributed by atoms with Crippen molar-refractivity contribution in [3.63, 3.8) is 0 Å². The van der Waals surface area contributed by atoms with Crippen LogP contribution < -0.4 is 0 Å². The number of hydrogen-bond donors (Lipinski definition) is 0. The fourth-order valence-corrected chi connectivity index (χ4v) is 3.35. The van der Waals surface area contributed by atoms with Crippen molar-refractivity contribution in [1.29, 1.82) is 0 Å². The van der Waals surface area contributed by atoms with Crippen molar-refractivity contribution in [2.45, 2.75) is 52.6 Å². The summed E-state index contributed by atoms with van der Waals surface area (Å²) >= 11 is 0. The van der Waals surface area contributed by atoms with Crippen molar-refractivity contribution in [2.75, 3.05) is 19.7 Å². The molecule has 2 atom stereocenters. The second-order valence-corrected chi connectivity index (χ2v) is 7.86. The first-order valence-electron chi connectivity index (χ1n) is 9.48. The zero-order valence-electron chi connectivity index (χ0n) is 16.4. The molecule has 0 spiro atoms. The Morgan fingerprint density at radius 3 is 2.50 bits per heavy atom. The second kappa shape index (κ2) is 9.06. The molecular formula is C21H31NO4. The van der Waals surface area contributed by atoms with Gasteiger partial charge in [-0.15, -0.1) is 0 Å². The average Bonchev–Trinajstić information content (AvgIpc) is 2.59. The van der Waals surface area contributed by atoms with Crippen molar-refractivity contribution in [1.82, 2.24) is 4.90 Å². The van der Waals surface area contributed by atoms with Gasteiger partial charge in [0.15, 0.2) is 0 Å². The number of rotatable bonds is 5. The van der Waals surface area contributed by atoms with Crippen molar-refractivity contribution >= 4 is 12.1 Å². The molecular weight excluding hydrogens is 330 g/mol. The Hall–Kier alpha value is -2.04. The topological polar surface area (TPSA) is 55.8 Å². The van der Waals surface area contributed by atoms with Crippen molar-refractivity contribution < 1.29 is 19.1 Å². The van der Waals surface area contributed by atoms with Crippen LogP contribution in [-0.2, 0) is 20.7 Å². The van der Waals surface area contributed by atoms with Crippen LogP contribution in [0.4, 0.5) is 4.79 Å². The van der Waals surface area contributed by atoms with Gasteiger partial charge in [0.1, 0.15) is 5.60 Å². The summed E-state index contributed by atoms with van der Waals surface area (Å²) in [5, 5.41) is 0. The molecule has 0 unspecified atom stereocenters. The molecule has 26 heavy (non-hydrogen) atoms. The Kier molecular flexibility index (Phi) is 7.06. The van der Waals surface area contributed by atoms with Gasteiger partial charge in [-0.3, -0.25) is 4.79 Å². The van der Waals surface area contributed by atoms with E-state index in [1.807, 2.05) is 45.9 Å². The first-order chi connectivity index (χ1) is 12.3. The highest BCUT2D eigenvalue weighted by molar-refractivity contribution is 5.75. The lowest BCUT2D eigenvalue weighted by Crippen LogP contribution is -2.48. The summed E-state index contributed by atoms with van der Waals surface area (Å²) in [6.07, 6.45) is 2.27. The number of esters is 1. The predicted octanol–water partition coefficient (Wildman–Crippen LogP) is 4.06. The van der Waals surface area contributed by atoms with Crippen LogP contribution in [0.15, 0.2) is 30.3 Å². The third kappa shape index (κ3) is 6.04. The molecule has 0 aromatic heterocycles. The number of amides is 1. The highest BCUT2D eigenvalue weighted by atomic mass is 16.6. The maximum atomic E-state index is 12.5. The lowest BCUT2D eigenvalue weighted by molar-refractivity contribution is -0.152. The molecule has 1 aromatic carbocycles. The Bertz CT molecular complexity index is 594. The summed E-state index contributed by atoms with van der Waals surface area (Å²) in [7, 11) is 0. The van der Waals surface area contributed by atoms with E-state index in [9.17, 15) is 9.59 Å². The van der Waals surface area contributed by atoms with Crippen LogP contribution >= 0.6 is 0 Å². The summed E-state index contributed by atoms with van der Waals surface area (Å²) in [6.45, 7) is 8.69. The summed E-state index contributed by atoms with van der Waals surface area (Å²) in [4.78, 5) is 26.5. The van der Waals surface area contributed by atoms with Gasteiger partial charge < -0.3 is 14.4 Å². The maximum Gasteiger partial charge on any atom is 0.410 e. The van der Waals surface area contributed by atoms with Crippen LogP contribution in [0.3, 0.4) is 0 Å². The number of nitrogens with zero attached hydrogens (tertiary/aromatic N) is 1. The average molecular weight is 361 g/mol. The lowest BCUT2D eigenvalue weighted by Gasteiger charge is -2.38. The Morgan fingerprint density at radius 1 is 1.19 bits per heavy atom. The molecule has 1 fully saturated rings. The Morgan fingerprint density at radius 2 is 1.88 bits per heavy atom. The van der Waals surface area contributed by atoms with Crippen molar-refractivity contribution in [2.24, 2.45) is 11.8 Å². The molecule has 0 bridgehead atoms. The van der Waals surface area contributed by atoms with Gasteiger partial charge in [-0.1, -0.05) is 30.3 Å². The van der Waals surface area contributed by atoms with E-state index in [1.54, 1.807) is 4.90 Å². The van der Waals surface area contributed by atoms with Crippen LogP contribution in [-0.4, -0.2) is 42.3 Å². The van der Waals surface area contributed by atoms with Gasteiger partial charge >= 0.3 is 12.1 Å². The zero-order valence-corrected chi connectivity index (χ0v) is 16.4. The molecule has 1 amide bonds. The van der Waals surface area contributed by atoms with Crippen LogP contribution in [0.1, 0.15) is 46.1 Å². The fraction of sp³-hybridized carbons (Fsp3) is 0.619. The van der Waals surface area contributed by atoms with Gasteiger partial charge in [0, 0.05) is 13.1 Å². The SMILES string of the molecule is CCOC(=O)[C@H]1CN(C(=O)OC(C)(C)C)CC[C@H]1CCc1ccccc1. The van der Waals surface area contributed by atoms with E-state index in [1.165, 1.54) is 5.56 Å². The van der Waals surface area contributed by atoms with Crippen LogP contribution in [0.2, 0.25) is 0 Å². The van der Waals surface area contributed by atoms with Crippen LogP contribution in [0.5, 0.6) is 0 Å². The Labute approximate surface area is 156 Å². The number of likely N-dealkylation sites (tertiary alicyclic amines) is 1. The first-order valence-corrected chi connectivity index (χ1v) is 9.48. The number of carbonyl (C=O) groups excluding carboxylic acids is 2. The quantitative estimate of drug-likeness (QED) is 0.742. The minimum absolute atomic E-state index is 0.209. The van der Waals surface area contributed by atoms with Gasteiger partial charge in [-0.05, 0) is 58.4 Å². The standard InChI is InChI=1S/C21H31NO4/c1-5-25-19(23)18-15-22(20(24)26-21(2,3)4)14-13-17(18)12-11-16-9-7-6-8-10-16/h6-10,17-18H,5,11-15H2,1-4H3/t17-,18+/m1/s1. The smallest absolute Gasteiger partial charge is 0.410 e. The number of hydrogen-bond acceptors (Lipinski definition) is 4. The number of ether oxygens (including phenoxy) is 2. The third-order valence-corrected chi connectivity index (χ3v) is 4.64. The monoisotopic (exact) mass is 361 g/mol. The molecule has 0 radical (unpaired) electrons. The summed E-state index contributed by atoms with van der Waals surface area (Å²) in [6, 6.07) is 10.3. The molecule has 1 heterocycles. The largest absolute Gasteiger partial charge is 0.466 e. The van der Waals surface area contributed by atoms with Gasteiger partial charge in [0.25, 0.3) is 0 Å². The molecule has 1 aliphatic heterocycles. The van der Waals surface area contributed by atoms with Crippen molar-refractivity contribution in [3.8, 4) is 0 Å². The van der Waals surface area contributed by atoms with E-state index in [0.717, 1.165) is 19.3 Å². The number of piperidine rings is 1. The maximum absolute atomic E-state index is 12.5. The molecule has 1 aliphatic rings. The van der Waals surface area contributed by atoms with Gasteiger partial charge in [-0.25, -0.2) is 4.79 Å². The van der Waals surface area contributed by atoms with Gasteiger partial charge in [0.05, 0.1) is 12.5 Å². The summed E-state index contributed by atoms with van der Waals surface area (Å²) in [5.74, 6) is -0.285. The second-order valence-electron chi connectivity index (χ2n) is 7.86. The van der Waals surface area contributed by atoms with E-state index in [-0.39, 0.29) is 23.9 Å². The fourth-order valence-electron chi connectivity index (χ4n) is 3.35. The minimum Gasteiger partial charge on any atom is -0.466 e. The lowest BCUT2D eigenvalue weighted by atomic mass is 9.81. The highest BCUT2D eigenvalue weighted by Gasteiger charge is 2.38. The molecule has 2 rings (SSSR count). The first kappa shape index (κ1) is 20.3. The summed E-state index contributed by atoms with van der Waals surface area (Å²) < 4.78 is 10.7. The number of aryl methyl sites for hydroxylation is 1. The minimum atomic E-state index is -0.541. The molecule has 144 valence electrons. The van der Waals surface area contributed by atoms with E-state index >= 15 is 0 Å². The molecule has 0 N–H and O–H groups in total. The molecule has 1 saturated heterocycles. The normalized spacial score (nSPS) is 20.5. The highest BCUT2D eigenvalue weighted by Crippen LogP contribution is 2.30. The van der Waals surface area contributed by atoms with Crippen molar-refractivity contribution in [3.05, 3.63) is 35.9 Å². The van der Waals surface area contributed by atoms with E-state index in [4.69, 9.17) is 9.47 Å². The molecule has 1 aromatic rings. The van der Waals surface area contributed by atoms with Crippen LogP contribution in [0, 0.1) is 11.8 Å². The van der Waals surface area contributed by atoms with Gasteiger partial charge in [-0.2, -0.15) is 0 Å². The molecule has 0 aliphatic carbocycles. The molecule has 0 saturated carbocycles. The number of benzene rings is 1. The van der Waals surface area contributed by atoms with E-state index in [0.29, 0.717) is 19.7 Å². The zero-order chi connectivity index (χ0) is 19.2. The third-order valence-electron chi connectivity index (χ3n) is 4.64. The van der Waals surface area contributed by atoms with Crippen LogP contribution in [0.25, 0.3) is 0 Å². The Balaban J connectivity index is 2.02. The van der Waals surface area contributed by atoms with E-state index < -0.39 is 5.60 Å². The molecule has 5 heteroatoms. The molecule has 5 nitrogen and oxygen atoms in total. The van der Waals surface area contributed by atoms with Gasteiger partial charge in [0.2, 0.25) is 0 Å². The summed E-state index contributed by atoms with van der Waals surface area (Å²) in [5.41, 5.74) is 0.727. The predicted molar refractivity (Wildman–Crippen MR) is 101 cm³/mol.